The number of halogens is 1. The van der Waals surface area contributed by atoms with Gasteiger partial charge in [0.25, 0.3) is 0 Å². The van der Waals surface area contributed by atoms with E-state index in [-0.39, 0.29) is 11.7 Å². The van der Waals surface area contributed by atoms with Crippen molar-refractivity contribution >= 4 is 11.6 Å². The number of nitrogens with zero attached hydrogens (tertiary/aromatic N) is 1. The average Bonchev–Trinajstić information content (AvgIpc) is 2.46. The van der Waals surface area contributed by atoms with Gasteiger partial charge in [-0.05, 0) is 29.3 Å². The van der Waals surface area contributed by atoms with E-state index in [9.17, 15) is 9.18 Å². The Labute approximate surface area is 124 Å². The van der Waals surface area contributed by atoms with Crippen molar-refractivity contribution < 1.29 is 9.18 Å². The molecule has 2 aromatic carbocycles. The second-order valence-corrected chi connectivity index (χ2v) is 5.02. The molecule has 0 fully saturated rings. The highest BCUT2D eigenvalue weighted by atomic mass is 19.1. The van der Waals surface area contributed by atoms with Gasteiger partial charge < -0.3 is 10.2 Å². The normalized spacial score (nSPS) is 10.2. The lowest BCUT2D eigenvalue weighted by Crippen LogP contribution is -2.23. The lowest BCUT2D eigenvalue weighted by molar-refractivity contribution is -0.128. The fourth-order valence-corrected chi connectivity index (χ4v) is 2.04. The second kappa shape index (κ2) is 6.88. The van der Waals surface area contributed by atoms with E-state index in [4.69, 9.17) is 0 Å². The fraction of sp³-hybridized carbons (Fsp3) is 0.235. The quantitative estimate of drug-likeness (QED) is 0.913. The summed E-state index contributed by atoms with van der Waals surface area (Å²) in [7, 11) is 1.77. The van der Waals surface area contributed by atoms with Gasteiger partial charge in [-0.25, -0.2) is 4.39 Å². The zero-order chi connectivity index (χ0) is 15.2. The number of carbonyl (C=O) groups is 1. The van der Waals surface area contributed by atoms with E-state index >= 15 is 0 Å². The average molecular weight is 286 g/mol. The molecule has 21 heavy (non-hydrogen) atoms. The Morgan fingerprint density at radius 3 is 2.67 bits per heavy atom. The van der Waals surface area contributed by atoms with Crippen LogP contribution in [0.4, 0.5) is 10.1 Å². The van der Waals surface area contributed by atoms with Crippen molar-refractivity contribution in [2.45, 2.75) is 20.0 Å². The smallest absolute Gasteiger partial charge is 0.219 e. The summed E-state index contributed by atoms with van der Waals surface area (Å²) in [5, 5.41) is 3.30. The van der Waals surface area contributed by atoms with Crippen molar-refractivity contribution in [1.29, 1.82) is 0 Å². The highest BCUT2D eigenvalue weighted by Gasteiger charge is 2.07. The van der Waals surface area contributed by atoms with E-state index < -0.39 is 0 Å². The van der Waals surface area contributed by atoms with Crippen molar-refractivity contribution in [3.63, 3.8) is 0 Å². The second-order valence-electron chi connectivity index (χ2n) is 5.02. The number of hydrogen-bond acceptors (Lipinski definition) is 2. The van der Waals surface area contributed by atoms with Gasteiger partial charge in [0.15, 0.2) is 0 Å². The molecular weight excluding hydrogens is 267 g/mol. The highest BCUT2D eigenvalue weighted by molar-refractivity contribution is 5.73. The summed E-state index contributed by atoms with van der Waals surface area (Å²) in [5.41, 5.74) is 2.87. The summed E-state index contributed by atoms with van der Waals surface area (Å²) >= 11 is 0. The molecule has 0 bridgehead atoms. The third-order valence-corrected chi connectivity index (χ3v) is 3.33. The monoisotopic (exact) mass is 286 g/mol. The largest absolute Gasteiger partial charge is 0.381 e. The number of anilines is 1. The van der Waals surface area contributed by atoms with E-state index in [0.717, 1.165) is 16.8 Å². The van der Waals surface area contributed by atoms with E-state index in [0.29, 0.717) is 13.1 Å². The number of rotatable bonds is 5. The molecule has 0 saturated carbocycles. The predicted octanol–water partition coefficient (Wildman–Crippen LogP) is 3.42. The molecule has 3 nitrogen and oxygen atoms in total. The topological polar surface area (TPSA) is 32.3 Å². The summed E-state index contributed by atoms with van der Waals surface area (Å²) in [6.45, 7) is 2.63. The van der Waals surface area contributed by atoms with Gasteiger partial charge in [0, 0.05) is 32.7 Å². The van der Waals surface area contributed by atoms with Crippen molar-refractivity contribution in [2.75, 3.05) is 12.4 Å². The van der Waals surface area contributed by atoms with Crippen molar-refractivity contribution in [3.8, 4) is 0 Å². The van der Waals surface area contributed by atoms with Gasteiger partial charge in [0.1, 0.15) is 5.82 Å². The molecule has 0 atom stereocenters. The molecule has 0 spiro atoms. The molecule has 0 aliphatic rings. The molecule has 0 radical (unpaired) electrons. The standard InChI is InChI=1S/C17H19FN2O/c1-13(21)20(2)12-15-7-3-4-9-17(15)19-11-14-6-5-8-16(18)10-14/h3-10,19H,11-12H2,1-2H3. The number of amides is 1. The van der Waals surface area contributed by atoms with Crippen LogP contribution >= 0.6 is 0 Å². The molecule has 0 aliphatic heterocycles. The summed E-state index contributed by atoms with van der Waals surface area (Å²) < 4.78 is 13.2. The van der Waals surface area contributed by atoms with Gasteiger partial charge in [-0.1, -0.05) is 30.3 Å². The van der Waals surface area contributed by atoms with Crippen LogP contribution in [-0.4, -0.2) is 17.9 Å². The van der Waals surface area contributed by atoms with Gasteiger partial charge in [-0.15, -0.1) is 0 Å². The molecule has 2 rings (SSSR count). The molecule has 0 unspecified atom stereocenters. The van der Waals surface area contributed by atoms with Gasteiger partial charge in [-0.3, -0.25) is 4.79 Å². The molecule has 4 heteroatoms. The van der Waals surface area contributed by atoms with Crippen LogP contribution in [0.3, 0.4) is 0 Å². The lowest BCUT2D eigenvalue weighted by Gasteiger charge is -2.18. The zero-order valence-electron chi connectivity index (χ0n) is 12.3. The summed E-state index contributed by atoms with van der Waals surface area (Å²) in [6, 6.07) is 14.3. The van der Waals surface area contributed by atoms with Crippen molar-refractivity contribution in [3.05, 3.63) is 65.5 Å². The minimum Gasteiger partial charge on any atom is -0.381 e. The maximum absolute atomic E-state index is 13.2. The Bertz CT molecular complexity index is 628. The van der Waals surface area contributed by atoms with Gasteiger partial charge >= 0.3 is 0 Å². The van der Waals surface area contributed by atoms with Gasteiger partial charge in [0.05, 0.1) is 0 Å². The fourth-order valence-electron chi connectivity index (χ4n) is 2.04. The summed E-state index contributed by atoms with van der Waals surface area (Å²) in [4.78, 5) is 13.0. The molecule has 0 saturated heterocycles. The van der Waals surface area contributed by atoms with E-state index in [1.807, 2.05) is 30.3 Å². The molecule has 0 heterocycles. The SMILES string of the molecule is CC(=O)N(C)Cc1ccccc1NCc1cccc(F)c1. The molecule has 1 N–H and O–H groups in total. The van der Waals surface area contributed by atoms with Crippen LogP contribution in [0.1, 0.15) is 18.1 Å². The molecular formula is C17H19FN2O. The number of hydrogen-bond donors (Lipinski definition) is 1. The van der Waals surface area contributed by atoms with Crippen molar-refractivity contribution in [2.24, 2.45) is 0 Å². The van der Waals surface area contributed by atoms with Crippen LogP contribution in [0, 0.1) is 5.82 Å². The predicted molar refractivity (Wildman–Crippen MR) is 82.3 cm³/mol. The molecule has 1 amide bonds. The van der Waals surface area contributed by atoms with E-state index in [2.05, 4.69) is 5.32 Å². The number of para-hydroxylation sites is 1. The Morgan fingerprint density at radius 1 is 1.19 bits per heavy atom. The van der Waals surface area contributed by atoms with Gasteiger partial charge in [-0.2, -0.15) is 0 Å². The van der Waals surface area contributed by atoms with Crippen LogP contribution in [0.5, 0.6) is 0 Å². The first-order valence-electron chi connectivity index (χ1n) is 6.84. The zero-order valence-corrected chi connectivity index (χ0v) is 12.3. The minimum atomic E-state index is -0.237. The lowest BCUT2D eigenvalue weighted by atomic mass is 10.1. The molecule has 0 aliphatic carbocycles. The molecule has 110 valence electrons. The van der Waals surface area contributed by atoms with Crippen LogP contribution in [0.25, 0.3) is 0 Å². The minimum absolute atomic E-state index is 0.0231. The first-order valence-corrected chi connectivity index (χ1v) is 6.84. The van der Waals surface area contributed by atoms with E-state index in [1.54, 1.807) is 24.9 Å². The Kier molecular flexibility index (Phi) is 4.93. The number of nitrogens with one attached hydrogen (secondary N) is 1. The van der Waals surface area contributed by atoms with Crippen LogP contribution in [0.2, 0.25) is 0 Å². The molecule has 0 aromatic heterocycles. The highest BCUT2D eigenvalue weighted by Crippen LogP contribution is 2.18. The third-order valence-electron chi connectivity index (χ3n) is 3.33. The van der Waals surface area contributed by atoms with Crippen LogP contribution in [-0.2, 0) is 17.9 Å². The Balaban J connectivity index is 2.08. The Hall–Kier alpha value is -2.36. The maximum atomic E-state index is 13.2. The van der Waals surface area contributed by atoms with Crippen molar-refractivity contribution in [1.82, 2.24) is 4.90 Å². The summed E-state index contributed by atoms with van der Waals surface area (Å²) in [5.74, 6) is -0.214. The summed E-state index contributed by atoms with van der Waals surface area (Å²) in [6.07, 6.45) is 0. The third kappa shape index (κ3) is 4.31. The van der Waals surface area contributed by atoms with E-state index in [1.165, 1.54) is 12.1 Å². The molecule has 2 aromatic rings. The van der Waals surface area contributed by atoms with Gasteiger partial charge in [0.2, 0.25) is 5.91 Å². The first kappa shape index (κ1) is 15.0. The number of carbonyl (C=O) groups excluding carboxylic acids is 1. The Morgan fingerprint density at radius 2 is 1.95 bits per heavy atom. The maximum Gasteiger partial charge on any atom is 0.219 e. The van der Waals surface area contributed by atoms with Crippen LogP contribution < -0.4 is 5.32 Å². The van der Waals surface area contributed by atoms with Crippen LogP contribution in [0.15, 0.2) is 48.5 Å². The first-order chi connectivity index (χ1) is 10.1. The number of benzene rings is 2.